The van der Waals surface area contributed by atoms with Crippen molar-refractivity contribution in [2.75, 3.05) is 40.0 Å². The summed E-state index contributed by atoms with van der Waals surface area (Å²) in [5, 5.41) is -0.367. The minimum atomic E-state index is -4.62. The summed E-state index contributed by atoms with van der Waals surface area (Å²) in [5.74, 6) is -2.03. The Balaban J connectivity index is 1.60. The maximum absolute atomic E-state index is 15.1. The van der Waals surface area contributed by atoms with Gasteiger partial charge in [-0.05, 0) is 35.2 Å². The van der Waals surface area contributed by atoms with E-state index in [9.17, 15) is 26.4 Å². The second-order valence-corrected chi connectivity index (χ2v) is 13.7. The first-order valence-corrected chi connectivity index (χ1v) is 17.0. The van der Waals surface area contributed by atoms with Crippen molar-refractivity contribution in [2.24, 2.45) is 0 Å². The Bertz CT molecular complexity index is 1750. The van der Waals surface area contributed by atoms with Gasteiger partial charge in [0.05, 0.1) is 27.7 Å². The Morgan fingerprint density at radius 2 is 1.51 bits per heavy atom. The molecule has 0 aliphatic heterocycles. The quantitative estimate of drug-likeness (QED) is 0.106. The molecule has 0 bridgehead atoms. The zero-order chi connectivity index (χ0) is 34.4. The topological polar surface area (TPSA) is 66.9 Å². The molecule has 250 valence electrons. The summed E-state index contributed by atoms with van der Waals surface area (Å²) in [6.45, 7) is 0.904. The number of halogens is 5. The Morgan fingerprint density at radius 1 is 0.915 bits per heavy atom. The minimum absolute atomic E-state index is 0.0256. The molecule has 0 N–H and O–H groups in total. The standard InChI is InChI=1S/C35H35ClF4N2O4S/c1-41(2)34(43)32-30(37)20-27(21-31(32)47(3,44)45)46-19-11-18-42(22-26-16-10-17-29(33(26)36)35(38,39)40)23-28(24-12-6-4-7-13-24)25-14-8-5-9-15-25/h4-10,12-17,20-21,28H,11,18-19,22-23H2,1-3H3. The minimum Gasteiger partial charge on any atom is -0.493 e. The molecular weight excluding hydrogens is 656 g/mol. The van der Waals surface area contributed by atoms with Gasteiger partial charge in [0.2, 0.25) is 0 Å². The van der Waals surface area contributed by atoms with E-state index in [1.54, 1.807) is 6.07 Å². The number of ether oxygens (including phenoxy) is 1. The molecule has 0 unspecified atom stereocenters. The van der Waals surface area contributed by atoms with Gasteiger partial charge in [-0.1, -0.05) is 84.4 Å². The number of amides is 1. The summed E-state index contributed by atoms with van der Waals surface area (Å²) >= 11 is 6.29. The van der Waals surface area contributed by atoms with E-state index in [4.69, 9.17) is 16.3 Å². The van der Waals surface area contributed by atoms with Crippen LogP contribution >= 0.6 is 11.6 Å². The van der Waals surface area contributed by atoms with Gasteiger partial charge in [0.15, 0.2) is 9.84 Å². The van der Waals surface area contributed by atoms with E-state index in [2.05, 4.69) is 0 Å². The van der Waals surface area contributed by atoms with Crippen LogP contribution in [0.25, 0.3) is 0 Å². The molecule has 0 aliphatic rings. The molecule has 0 aliphatic carbocycles. The monoisotopic (exact) mass is 690 g/mol. The third kappa shape index (κ3) is 9.33. The van der Waals surface area contributed by atoms with Crippen LogP contribution in [0, 0.1) is 5.82 Å². The Kier molecular flexibility index (Phi) is 11.7. The van der Waals surface area contributed by atoms with Crippen molar-refractivity contribution in [3.63, 3.8) is 0 Å². The molecule has 1 amide bonds. The fourth-order valence-corrected chi connectivity index (χ4v) is 6.45. The molecule has 0 atom stereocenters. The molecule has 0 saturated carbocycles. The summed E-state index contributed by atoms with van der Waals surface area (Å²) < 4.78 is 86.7. The summed E-state index contributed by atoms with van der Waals surface area (Å²) in [7, 11) is -1.22. The van der Waals surface area contributed by atoms with Crippen molar-refractivity contribution in [3.05, 3.63) is 130 Å². The van der Waals surface area contributed by atoms with E-state index in [0.717, 1.165) is 40.5 Å². The highest BCUT2D eigenvalue weighted by Crippen LogP contribution is 2.37. The van der Waals surface area contributed by atoms with Gasteiger partial charge in [-0.15, -0.1) is 0 Å². The van der Waals surface area contributed by atoms with Crippen molar-refractivity contribution in [1.29, 1.82) is 0 Å². The van der Waals surface area contributed by atoms with Crippen LogP contribution in [0.5, 0.6) is 5.75 Å². The Labute approximate surface area is 277 Å². The molecular formula is C35H35ClF4N2O4S. The molecule has 0 radical (unpaired) electrons. The van der Waals surface area contributed by atoms with Crippen LogP contribution in [0.2, 0.25) is 5.02 Å². The van der Waals surface area contributed by atoms with Crippen molar-refractivity contribution in [1.82, 2.24) is 9.80 Å². The first-order valence-electron chi connectivity index (χ1n) is 14.7. The fourth-order valence-electron chi connectivity index (χ4n) is 5.27. The zero-order valence-corrected chi connectivity index (χ0v) is 27.7. The second-order valence-electron chi connectivity index (χ2n) is 11.3. The van der Waals surface area contributed by atoms with E-state index in [1.807, 2.05) is 65.6 Å². The second kappa shape index (κ2) is 15.3. The van der Waals surface area contributed by atoms with E-state index in [-0.39, 0.29) is 29.8 Å². The average molecular weight is 691 g/mol. The van der Waals surface area contributed by atoms with E-state index in [1.165, 1.54) is 20.2 Å². The van der Waals surface area contributed by atoms with Gasteiger partial charge in [0, 0.05) is 52.0 Å². The normalized spacial score (nSPS) is 12.0. The number of hydrogen-bond donors (Lipinski definition) is 0. The van der Waals surface area contributed by atoms with Gasteiger partial charge in [-0.2, -0.15) is 13.2 Å². The summed E-state index contributed by atoms with van der Waals surface area (Å²) in [5.41, 5.74) is 0.866. The molecule has 0 fully saturated rings. The third-order valence-corrected chi connectivity index (χ3v) is 9.12. The molecule has 0 saturated heterocycles. The fraction of sp³-hybridized carbons (Fsp3) is 0.286. The van der Waals surface area contributed by atoms with Gasteiger partial charge in [-0.25, -0.2) is 12.8 Å². The lowest BCUT2D eigenvalue weighted by molar-refractivity contribution is -0.137. The molecule has 6 nitrogen and oxygen atoms in total. The van der Waals surface area contributed by atoms with Crippen LogP contribution in [-0.2, 0) is 22.6 Å². The predicted molar refractivity (Wildman–Crippen MR) is 174 cm³/mol. The number of sulfone groups is 1. The maximum Gasteiger partial charge on any atom is 0.417 e. The summed E-state index contributed by atoms with van der Waals surface area (Å²) in [4.78, 5) is 15.1. The highest BCUT2D eigenvalue weighted by molar-refractivity contribution is 7.90. The Morgan fingerprint density at radius 3 is 2.04 bits per heavy atom. The molecule has 47 heavy (non-hydrogen) atoms. The first-order chi connectivity index (χ1) is 22.2. The number of benzene rings is 4. The molecule has 12 heteroatoms. The summed E-state index contributed by atoms with van der Waals surface area (Å²) in [6, 6.07) is 25.4. The van der Waals surface area contributed by atoms with Crippen molar-refractivity contribution in [2.45, 2.75) is 30.0 Å². The van der Waals surface area contributed by atoms with Crippen molar-refractivity contribution in [3.8, 4) is 5.75 Å². The lowest BCUT2D eigenvalue weighted by Gasteiger charge is -2.29. The van der Waals surface area contributed by atoms with Crippen molar-refractivity contribution < 1.29 is 35.5 Å². The highest BCUT2D eigenvalue weighted by atomic mass is 35.5. The zero-order valence-electron chi connectivity index (χ0n) is 26.1. The maximum atomic E-state index is 15.1. The lowest BCUT2D eigenvalue weighted by atomic mass is 9.90. The number of carbonyl (C=O) groups is 1. The van der Waals surface area contributed by atoms with Gasteiger partial charge in [0.25, 0.3) is 5.91 Å². The number of hydrogen-bond acceptors (Lipinski definition) is 5. The molecule has 4 aromatic rings. The summed E-state index contributed by atoms with van der Waals surface area (Å²) in [6.07, 6.45) is -3.39. The van der Waals surface area contributed by atoms with E-state index >= 15 is 4.39 Å². The SMILES string of the molecule is CN(C)C(=O)c1c(F)cc(OCCCN(Cc2cccc(C(F)(F)F)c2Cl)CC(c2ccccc2)c2ccccc2)cc1S(C)(=O)=O. The van der Waals surface area contributed by atoms with E-state index in [0.29, 0.717) is 25.1 Å². The number of rotatable bonds is 13. The number of carbonyl (C=O) groups excluding carboxylic acids is 1. The molecule has 0 spiro atoms. The number of alkyl halides is 3. The molecule has 4 aromatic carbocycles. The van der Waals surface area contributed by atoms with Gasteiger partial charge < -0.3 is 9.64 Å². The predicted octanol–water partition coefficient (Wildman–Crippen LogP) is 7.71. The van der Waals surface area contributed by atoms with Gasteiger partial charge in [-0.3, -0.25) is 9.69 Å². The number of nitrogens with zero attached hydrogens (tertiary/aromatic N) is 2. The van der Waals surface area contributed by atoms with Crippen LogP contribution in [-0.4, -0.2) is 64.2 Å². The molecule has 0 aromatic heterocycles. The smallest absolute Gasteiger partial charge is 0.417 e. The van der Waals surface area contributed by atoms with Crippen LogP contribution in [0.1, 0.15) is 45.0 Å². The molecule has 0 heterocycles. The molecule has 4 rings (SSSR count). The Hall–Kier alpha value is -3.93. The lowest BCUT2D eigenvalue weighted by Crippen LogP contribution is -2.31. The third-order valence-electron chi connectivity index (χ3n) is 7.56. The van der Waals surface area contributed by atoms with Crippen LogP contribution in [0.3, 0.4) is 0 Å². The van der Waals surface area contributed by atoms with Crippen LogP contribution in [0.4, 0.5) is 17.6 Å². The highest BCUT2D eigenvalue weighted by Gasteiger charge is 2.34. The average Bonchev–Trinajstić information content (AvgIpc) is 3.01. The van der Waals surface area contributed by atoms with Crippen molar-refractivity contribution >= 4 is 27.3 Å². The van der Waals surface area contributed by atoms with Crippen LogP contribution < -0.4 is 4.74 Å². The van der Waals surface area contributed by atoms with E-state index < -0.39 is 43.8 Å². The first kappa shape index (κ1) is 35.9. The van der Waals surface area contributed by atoms with Gasteiger partial charge >= 0.3 is 6.18 Å². The largest absolute Gasteiger partial charge is 0.493 e. The van der Waals surface area contributed by atoms with Crippen LogP contribution in [0.15, 0.2) is 95.9 Å². The van der Waals surface area contributed by atoms with Gasteiger partial charge in [0.1, 0.15) is 11.6 Å².